The quantitative estimate of drug-likeness (QED) is 0.606. The van der Waals surface area contributed by atoms with Gasteiger partial charge in [0.05, 0.1) is 4.90 Å². The summed E-state index contributed by atoms with van der Waals surface area (Å²) in [6.45, 7) is 4.85. The smallest absolute Gasteiger partial charge is 0.207 e. The van der Waals surface area contributed by atoms with Crippen molar-refractivity contribution in [2.24, 2.45) is 0 Å². The van der Waals surface area contributed by atoms with Gasteiger partial charge in [0.2, 0.25) is 10.0 Å². The number of unbranched alkanes of at least 4 members (excludes halogenated alkanes) is 4. The van der Waals surface area contributed by atoms with Crippen LogP contribution in [0, 0.1) is 0 Å². The molecule has 0 unspecified atom stereocenters. The molecule has 0 aliphatic carbocycles. The van der Waals surface area contributed by atoms with Gasteiger partial charge in [0.15, 0.2) is 0 Å². The molecular weight excluding hydrogens is 282 g/mol. The number of benzene rings is 1. The Kier molecular flexibility index (Phi) is 7.97. The van der Waals surface area contributed by atoms with E-state index in [-0.39, 0.29) is 0 Å². The van der Waals surface area contributed by atoms with E-state index in [1.807, 2.05) is 12.1 Å². The predicted molar refractivity (Wildman–Crippen MR) is 89.0 cm³/mol. The molecule has 21 heavy (non-hydrogen) atoms. The monoisotopic (exact) mass is 311 g/mol. The van der Waals surface area contributed by atoms with Gasteiger partial charge < -0.3 is 0 Å². The van der Waals surface area contributed by atoms with Crippen LogP contribution in [-0.2, 0) is 16.4 Å². The first kappa shape index (κ1) is 18.2. The molecule has 0 bridgehead atoms. The molecule has 120 valence electrons. The van der Waals surface area contributed by atoms with Gasteiger partial charge in [0.1, 0.15) is 0 Å². The van der Waals surface area contributed by atoms with E-state index < -0.39 is 10.0 Å². The lowest BCUT2D eigenvalue weighted by Crippen LogP contribution is -2.27. The molecule has 0 heterocycles. The highest BCUT2D eigenvalue weighted by Crippen LogP contribution is 2.17. The first-order chi connectivity index (χ1) is 10.0. The second-order valence-corrected chi connectivity index (χ2v) is 7.68. The molecule has 0 radical (unpaired) electrons. The van der Waals surface area contributed by atoms with Gasteiger partial charge in [-0.1, -0.05) is 51.7 Å². The van der Waals surface area contributed by atoms with E-state index in [0.717, 1.165) is 19.3 Å². The third-order valence-electron chi connectivity index (χ3n) is 3.78. The van der Waals surface area contributed by atoms with E-state index in [1.165, 1.54) is 35.6 Å². The Balaban J connectivity index is 2.63. The van der Waals surface area contributed by atoms with Gasteiger partial charge in [0.25, 0.3) is 0 Å². The lowest BCUT2D eigenvalue weighted by Gasteiger charge is -2.17. The zero-order chi connectivity index (χ0) is 15.7. The maximum Gasteiger partial charge on any atom is 0.242 e. The predicted octanol–water partition coefficient (Wildman–Crippen LogP) is 4.23. The van der Waals surface area contributed by atoms with E-state index in [4.69, 9.17) is 0 Å². The lowest BCUT2D eigenvalue weighted by atomic mass is 10.1. The zero-order valence-corrected chi connectivity index (χ0v) is 14.5. The van der Waals surface area contributed by atoms with Crippen molar-refractivity contribution in [3.8, 4) is 0 Å². The maximum absolute atomic E-state index is 12.4. The Morgan fingerprint density at radius 2 is 1.52 bits per heavy atom. The minimum atomic E-state index is -3.32. The summed E-state index contributed by atoms with van der Waals surface area (Å²) in [6, 6.07) is 7.39. The van der Waals surface area contributed by atoms with Crippen LogP contribution >= 0.6 is 0 Å². The molecule has 1 rings (SSSR count). The highest BCUT2D eigenvalue weighted by Gasteiger charge is 2.19. The van der Waals surface area contributed by atoms with E-state index in [9.17, 15) is 8.42 Å². The van der Waals surface area contributed by atoms with Crippen LogP contribution in [-0.4, -0.2) is 26.3 Å². The molecule has 0 fully saturated rings. The van der Waals surface area contributed by atoms with Crippen molar-refractivity contribution in [1.82, 2.24) is 4.31 Å². The summed E-state index contributed by atoms with van der Waals surface area (Å²) in [5.74, 6) is 0. The molecule has 0 amide bonds. The molecule has 0 aromatic heterocycles. The number of aryl methyl sites for hydroxylation is 1. The number of hydrogen-bond donors (Lipinski definition) is 0. The van der Waals surface area contributed by atoms with Gasteiger partial charge in [-0.05, 0) is 37.0 Å². The van der Waals surface area contributed by atoms with Crippen LogP contribution in [0.3, 0.4) is 0 Å². The summed E-state index contributed by atoms with van der Waals surface area (Å²) in [6.07, 6.45) is 7.86. The Labute approximate surface area is 130 Å². The van der Waals surface area contributed by atoms with E-state index in [2.05, 4.69) is 13.8 Å². The molecule has 1 aromatic rings. The molecule has 0 saturated carbocycles. The summed E-state index contributed by atoms with van der Waals surface area (Å²) in [5, 5.41) is 0. The van der Waals surface area contributed by atoms with Crippen LogP contribution in [0.25, 0.3) is 0 Å². The van der Waals surface area contributed by atoms with Gasteiger partial charge in [-0.15, -0.1) is 0 Å². The van der Waals surface area contributed by atoms with Gasteiger partial charge >= 0.3 is 0 Å². The van der Waals surface area contributed by atoms with E-state index in [1.54, 1.807) is 19.2 Å². The number of hydrogen-bond acceptors (Lipinski definition) is 2. The van der Waals surface area contributed by atoms with Gasteiger partial charge in [-0.2, -0.15) is 0 Å². The highest BCUT2D eigenvalue weighted by molar-refractivity contribution is 7.89. The Hall–Kier alpha value is -0.870. The van der Waals surface area contributed by atoms with Crippen molar-refractivity contribution < 1.29 is 8.42 Å². The van der Waals surface area contributed by atoms with Crippen LogP contribution in [0.1, 0.15) is 57.9 Å². The van der Waals surface area contributed by atoms with Gasteiger partial charge in [-0.3, -0.25) is 0 Å². The summed E-state index contributed by atoms with van der Waals surface area (Å²) < 4.78 is 26.2. The minimum absolute atomic E-state index is 0.401. The topological polar surface area (TPSA) is 37.4 Å². The van der Waals surface area contributed by atoms with Gasteiger partial charge in [0, 0.05) is 13.6 Å². The molecule has 1 aromatic carbocycles. The Morgan fingerprint density at radius 3 is 2.10 bits per heavy atom. The summed E-state index contributed by atoms with van der Waals surface area (Å²) in [4.78, 5) is 0.401. The van der Waals surface area contributed by atoms with Crippen molar-refractivity contribution in [1.29, 1.82) is 0 Å². The normalized spacial score (nSPS) is 12.0. The number of sulfonamides is 1. The van der Waals surface area contributed by atoms with E-state index >= 15 is 0 Å². The van der Waals surface area contributed by atoms with Crippen molar-refractivity contribution in [2.75, 3.05) is 13.6 Å². The minimum Gasteiger partial charge on any atom is -0.207 e. The summed E-state index contributed by atoms with van der Waals surface area (Å²) >= 11 is 0. The zero-order valence-electron chi connectivity index (χ0n) is 13.6. The molecule has 0 N–H and O–H groups in total. The third kappa shape index (κ3) is 5.79. The standard InChI is InChI=1S/C17H29NO2S/c1-4-6-8-9-10-16-11-13-17(14-12-16)21(19,20)18(3)15-7-5-2/h11-14H,4-10,15H2,1-3H3. The molecule has 0 aliphatic rings. The molecule has 0 saturated heterocycles. The van der Waals surface area contributed by atoms with E-state index in [0.29, 0.717) is 11.4 Å². The SMILES string of the molecule is CCCCCCc1ccc(S(=O)(=O)N(C)CCCC)cc1. The Morgan fingerprint density at radius 1 is 0.905 bits per heavy atom. The molecule has 0 spiro atoms. The van der Waals surface area contributed by atoms with Crippen LogP contribution in [0.5, 0.6) is 0 Å². The second-order valence-electron chi connectivity index (χ2n) is 5.63. The second kappa shape index (κ2) is 9.21. The van der Waals surface area contributed by atoms with Crippen molar-refractivity contribution in [3.63, 3.8) is 0 Å². The van der Waals surface area contributed by atoms with Crippen LogP contribution < -0.4 is 0 Å². The molecule has 4 heteroatoms. The molecular formula is C17H29NO2S. The third-order valence-corrected chi connectivity index (χ3v) is 5.65. The lowest BCUT2D eigenvalue weighted by molar-refractivity contribution is 0.459. The maximum atomic E-state index is 12.4. The van der Waals surface area contributed by atoms with Crippen molar-refractivity contribution in [3.05, 3.63) is 29.8 Å². The van der Waals surface area contributed by atoms with Crippen molar-refractivity contribution >= 4 is 10.0 Å². The number of nitrogens with zero attached hydrogens (tertiary/aromatic N) is 1. The largest absolute Gasteiger partial charge is 0.242 e. The van der Waals surface area contributed by atoms with Gasteiger partial charge in [-0.25, -0.2) is 12.7 Å². The van der Waals surface area contributed by atoms with Crippen molar-refractivity contribution in [2.45, 2.75) is 63.7 Å². The fourth-order valence-electron chi connectivity index (χ4n) is 2.26. The Bertz CT molecular complexity index is 494. The molecule has 0 atom stereocenters. The first-order valence-corrected chi connectivity index (χ1v) is 9.51. The fourth-order valence-corrected chi connectivity index (χ4v) is 3.47. The number of rotatable bonds is 10. The molecule has 3 nitrogen and oxygen atoms in total. The average Bonchev–Trinajstić information content (AvgIpc) is 2.49. The first-order valence-electron chi connectivity index (χ1n) is 8.07. The molecule has 0 aliphatic heterocycles. The summed E-state index contributed by atoms with van der Waals surface area (Å²) in [7, 11) is -1.67. The van der Waals surface area contributed by atoms with Crippen LogP contribution in [0.2, 0.25) is 0 Å². The summed E-state index contributed by atoms with van der Waals surface area (Å²) in [5.41, 5.74) is 1.22. The fraction of sp³-hybridized carbons (Fsp3) is 0.647. The van der Waals surface area contributed by atoms with Crippen LogP contribution in [0.4, 0.5) is 0 Å². The van der Waals surface area contributed by atoms with Crippen LogP contribution in [0.15, 0.2) is 29.2 Å². The average molecular weight is 311 g/mol. The highest BCUT2D eigenvalue weighted by atomic mass is 32.2.